The van der Waals surface area contributed by atoms with Crippen LogP contribution in [0.25, 0.3) is 11.0 Å². The van der Waals surface area contributed by atoms with Crippen LogP contribution >= 0.6 is 19.2 Å². The van der Waals surface area contributed by atoms with Crippen LogP contribution in [0, 0.1) is 0 Å². The molecule has 2 saturated heterocycles. The second kappa shape index (κ2) is 11.8. The number of fused-ring (bicyclic) bond motifs is 2. The Bertz CT molecular complexity index is 1260. The fourth-order valence-corrected chi connectivity index (χ4v) is 7.42. The van der Waals surface area contributed by atoms with Gasteiger partial charge in [0.2, 0.25) is 11.2 Å². The van der Waals surface area contributed by atoms with Crippen LogP contribution in [-0.4, -0.2) is 93.7 Å². The van der Waals surface area contributed by atoms with Crippen molar-refractivity contribution in [3.63, 3.8) is 0 Å². The van der Waals surface area contributed by atoms with Gasteiger partial charge in [-0.1, -0.05) is 12.8 Å². The molecule has 1 aliphatic carbocycles. The molecule has 1 saturated carbocycles. The standard InChI is InChI=1S/C25H38ClN6O7P/c1-6-35-40(34,36-7-2)14-18(33)31(5)13-17-19-20(39-25(3,4)38-19)23(37-17)32-22-16(12-27-32)21(29-24(26)30-22)28-15-10-8-9-11-15/h12,15,17,19-20,23H,6-11,13-14H2,1-5H3,(H,28,29,30)/t17-,19-,20-,23-/m1/s1. The van der Waals surface area contributed by atoms with Gasteiger partial charge in [0.1, 0.15) is 30.3 Å². The van der Waals surface area contributed by atoms with Gasteiger partial charge in [-0.05, 0) is 52.1 Å². The highest BCUT2D eigenvalue weighted by molar-refractivity contribution is 7.54. The number of rotatable bonds is 11. The highest BCUT2D eigenvalue weighted by Crippen LogP contribution is 2.48. The van der Waals surface area contributed by atoms with Crippen LogP contribution in [0.15, 0.2) is 6.20 Å². The molecule has 0 bridgehead atoms. The first-order chi connectivity index (χ1) is 19.0. The molecule has 2 aliphatic heterocycles. The molecule has 13 nitrogen and oxygen atoms in total. The summed E-state index contributed by atoms with van der Waals surface area (Å²) in [5, 5.41) is 8.93. The van der Waals surface area contributed by atoms with E-state index in [-0.39, 0.29) is 31.2 Å². The minimum absolute atomic E-state index is 0.100. The Labute approximate surface area is 238 Å². The van der Waals surface area contributed by atoms with Crippen molar-refractivity contribution in [3.05, 3.63) is 11.5 Å². The molecule has 0 unspecified atom stereocenters. The number of hydrogen-bond donors (Lipinski definition) is 1. The Hall–Kier alpha value is -1.86. The number of hydrogen-bond acceptors (Lipinski definition) is 11. The molecule has 222 valence electrons. The van der Waals surface area contributed by atoms with Gasteiger partial charge in [0, 0.05) is 19.6 Å². The number of ether oxygens (including phenoxy) is 3. The number of likely N-dealkylation sites (N-methyl/N-ethyl adjacent to an activating group) is 1. The fourth-order valence-electron chi connectivity index (χ4n) is 5.64. The molecule has 1 N–H and O–H groups in total. The topological polar surface area (TPSA) is 139 Å². The summed E-state index contributed by atoms with van der Waals surface area (Å²) in [4.78, 5) is 23.4. The Morgan fingerprint density at radius 1 is 1.20 bits per heavy atom. The normalized spacial score (nSPS) is 26.4. The first kappa shape index (κ1) is 29.6. The number of carbonyl (C=O) groups is 1. The molecule has 40 heavy (non-hydrogen) atoms. The zero-order valence-electron chi connectivity index (χ0n) is 23.5. The van der Waals surface area contributed by atoms with Crippen LogP contribution in [0.3, 0.4) is 0 Å². The van der Waals surface area contributed by atoms with Gasteiger partial charge in [-0.2, -0.15) is 15.1 Å². The third kappa shape index (κ3) is 6.16. The van der Waals surface area contributed by atoms with Gasteiger partial charge in [0.05, 0.1) is 24.8 Å². The monoisotopic (exact) mass is 600 g/mol. The van der Waals surface area contributed by atoms with E-state index in [1.54, 1.807) is 31.8 Å². The molecule has 5 rings (SSSR count). The van der Waals surface area contributed by atoms with Crippen LogP contribution in [0.5, 0.6) is 0 Å². The maximum absolute atomic E-state index is 13.0. The maximum Gasteiger partial charge on any atom is 0.340 e. The molecule has 2 aromatic rings. The van der Waals surface area contributed by atoms with Gasteiger partial charge in [-0.3, -0.25) is 9.36 Å². The largest absolute Gasteiger partial charge is 0.367 e. The van der Waals surface area contributed by atoms with E-state index in [2.05, 4.69) is 20.4 Å². The molecule has 0 radical (unpaired) electrons. The van der Waals surface area contributed by atoms with Crippen LogP contribution < -0.4 is 5.32 Å². The number of anilines is 1. The molecule has 1 amide bonds. The minimum Gasteiger partial charge on any atom is -0.367 e. The van der Waals surface area contributed by atoms with Crippen LogP contribution in [0.2, 0.25) is 5.28 Å². The Kier molecular flexibility index (Phi) is 8.73. The second-order valence-corrected chi connectivity index (χ2v) is 13.2. The summed E-state index contributed by atoms with van der Waals surface area (Å²) in [5.41, 5.74) is 0.511. The number of aromatic nitrogens is 4. The number of carbonyl (C=O) groups excluding carboxylic acids is 1. The Morgan fingerprint density at radius 3 is 2.55 bits per heavy atom. The summed E-state index contributed by atoms with van der Waals surface area (Å²) in [7, 11) is -1.93. The fraction of sp³-hybridized carbons (Fsp3) is 0.760. The lowest BCUT2D eigenvalue weighted by molar-refractivity contribution is -0.199. The van der Waals surface area contributed by atoms with Crippen molar-refractivity contribution in [2.24, 2.45) is 0 Å². The van der Waals surface area contributed by atoms with E-state index in [0.29, 0.717) is 17.5 Å². The first-order valence-corrected chi connectivity index (χ1v) is 15.9. The van der Waals surface area contributed by atoms with Crippen molar-refractivity contribution in [2.75, 3.05) is 38.3 Å². The molecule has 0 spiro atoms. The molecule has 0 aromatic carbocycles. The predicted octanol–water partition coefficient (Wildman–Crippen LogP) is 3.98. The average Bonchev–Trinajstić information content (AvgIpc) is 3.64. The van der Waals surface area contributed by atoms with Gasteiger partial charge < -0.3 is 33.5 Å². The molecule has 3 fully saturated rings. The molecular weight excluding hydrogens is 563 g/mol. The van der Waals surface area contributed by atoms with Gasteiger partial charge in [-0.25, -0.2) is 4.68 Å². The molecular formula is C25H38ClN6O7P. The lowest BCUT2D eigenvalue weighted by Crippen LogP contribution is -2.41. The van der Waals surface area contributed by atoms with Gasteiger partial charge in [0.25, 0.3) is 0 Å². The van der Waals surface area contributed by atoms with E-state index in [1.165, 1.54) is 17.7 Å². The zero-order chi connectivity index (χ0) is 28.7. The van der Waals surface area contributed by atoms with E-state index in [0.717, 1.165) is 18.2 Å². The summed E-state index contributed by atoms with van der Waals surface area (Å²) in [5.74, 6) is -0.622. The lowest BCUT2D eigenvalue weighted by Gasteiger charge is -2.27. The van der Waals surface area contributed by atoms with Crippen molar-refractivity contribution < 1.29 is 32.6 Å². The van der Waals surface area contributed by atoms with Crippen molar-refractivity contribution >= 4 is 42.0 Å². The van der Waals surface area contributed by atoms with Crippen molar-refractivity contribution in [2.45, 2.75) is 89.7 Å². The quantitative estimate of drug-likeness (QED) is 0.296. The van der Waals surface area contributed by atoms with E-state index in [9.17, 15) is 9.36 Å². The third-order valence-electron chi connectivity index (χ3n) is 7.35. The summed E-state index contributed by atoms with van der Waals surface area (Å²) in [6.07, 6.45) is 3.57. The van der Waals surface area contributed by atoms with E-state index in [1.807, 2.05) is 13.8 Å². The van der Waals surface area contributed by atoms with E-state index < -0.39 is 43.8 Å². The molecule has 2 aromatic heterocycles. The minimum atomic E-state index is -3.55. The smallest absolute Gasteiger partial charge is 0.340 e. The van der Waals surface area contributed by atoms with Crippen molar-refractivity contribution in [3.8, 4) is 0 Å². The molecule has 4 atom stereocenters. The molecule has 15 heteroatoms. The van der Waals surface area contributed by atoms with Crippen molar-refractivity contribution in [1.29, 1.82) is 0 Å². The number of nitrogens with one attached hydrogen (secondary N) is 1. The number of halogens is 1. The summed E-state index contributed by atoms with van der Waals surface area (Å²) < 4.78 is 44.1. The molecule has 3 aliphatic rings. The van der Waals surface area contributed by atoms with Crippen LogP contribution in [0.4, 0.5) is 5.82 Å². The summed E-state index contributed by atoms with van der Waals surface area (Å²) >= 11 is 6.34. The lowest BCUT2D eigenvalue weighted by atomic mass is 10.1. The van der Waals surface area contributed by atoms with Crippen LogP contribution in [0.1, 0.15) is 59.6 Å². The highest BCUT2D eigenvalue weighted by Gasteiger charge is 2.57. The maximum atomic E-state index is 13.0. The van der Waals surface area contributed by atoms with E-state index in [4.69, 9.17) is 34.9 Å². The SMILES string of the molecule is CCOP(=O)(CC(=O)N(C)C[C@H]1O[C@@H](n2ncc3c(NC4CCCC4)nc(Cl)nc32)[C@@H]2OC(C)(C)O[C@@H]21)OCC. The average molecular weight is 601 g/mol. The number of nitrogens with zero attached hydrogens (tertiary/aromatic N) is 5. The molecule has 4 heterocycles. The van der Waals surface area contributed by atoms with Gasteiger partial charge in [-0.15, -0.1) is 0 Å². The predicted molar refractivity (Wildman–Crippen MR) is 147 cm³/mol. The summed E-state index contributed by atoms with van der Waals surface area (Å²) in [6, 6.07) is 0.329. The third-order valence-corrected chi connectivity index (χ3v) is 9.48. The second-order valence-electron chi connectivity index (χ2n) is 10.8. The highest BCUT2D eigenvalue weighted by atomic mass is 35.5. The zero-order valence-corrected chi connectivity index (χ0v) is 25.2. The van der Waals surface area contributed by atoms with Gasteiger partial charge in [0.15, 0.2) is 17.7 Å². The first-order valence-electron chi connectivity index (χ1n) is 13.8. The van der Waals surface area contributed by atoms with Crippen LogP contribution in [-0.2, 0) is 32.6 Å². The Morgan fingerprint density at radius 2 is 1.88 bits per heavy atom. The van der Waals surface area contributed by atoms with E-state index >= 15 is 0 Å². The summed E-state index contributed by atoms with van der Waals surface area (Å²) in [6.45, 7) is 7.59. The van der Waals surface area contributed by atoms with Gasteiger partial charge >= 0.3 is 7.60 Å². The van der Waals surface area contributed by atoms with Crippen molar-refractivity contribution in [1.82, 2.24) is 24.6 Å². The number of amides is 1. The Balaban J connectivity index is 1.37.